The van der Waals surface area contributed by atoms with E-state index in [1.807, 2.05) is 47.3 Å². The van der Waals surface area contributed by atoms with Crippen molar-refractivity contribution in [3.8, 4) is 0 Å². The highest BCUT2D eigenvalue weighted by atomic mass is 35.5. The SMILES string of the molecule is CCc1ccc(/C=C2\CN(Cc3cn(CCNc4ccnc5cc(Cl)ccc45)nn3)C/C(=C\c3ccc(CC)cc3)C2=O)cc1. The van der Waals surface area contributed by atoms with Crippen molar-refractivity contribution < 1.29 is 4.79 Å². The fourth-order valence-electron chi connectivity index (χ4n) is 5.65. The van der Waals surface area contributed by atoms with Gasteiger partial charge >= 0.3 is 0 Å². The van der Waals surface area contributed by atoms with Crippen molar-refractivity contribution >= 4 is 46.1 Å². The highest BCUT2D eigenvalue weighted by Gasteiger charge is 2.27. The number of benzene rings is 3. The van der Waals surface area contributed by atoms with E-state index in [0.717, 1.165) is 57.4 Å². The van der Waals surface area contributed by atoms with E-state index in [9.17, 15) is 4.79 Å². The first kappa shape index (κ1) is 30.4. The zero-order valence-electron chi connectivity index (χ0n) is 25.7. The minimum Gasteiger partial charge on any atom is -0.383 e. The van der Waals surface area contributed by atoms with Crippen LogP contribution in [0.1, 0.15) is 41.8 Å². The number of hydrogen-bond donors (Lipinski definition) is 1. The normalized spacial score (nSPS) is 15.8. The van der Waals surface area contributed by atoms with E-state index < -0.39 is 0 Å². The highest BCUT2D eigenvalue weighted by molar-refractivity contribution is 6.31. The largest absolute Gasteiger partial charge is 0.383 e. The maximum absolute atomic E-state index is 13.7. The number of halogens is 1. The smallest absolute Gasteiger partial charge is 0.187 e. The Kier molecular flexibility index (Phi) is 9.48. The molecule has 2 aromatic heterocycles. The second kappa shape index (κ2) is 14.0. The molecular formula is C37H37ClN6O. The molecule has 0 atom stereocenters. The molecule has 3 heterocycles. The molecular weight excluding hydrogens is 580 g/mol. The van der Waals surface area contributed by atoms with Crippen LogP contribution in [0.3, 0.4) is 0 Å². The molecule has 1 aliphatic heterocycles. The van der Waals surface area contributed by atoms with Crippen molar-refractivity contribution in [2.75, 3.05) is 25.0 Å². The Morgan fingerprint density at radius 1 is 0.867 bits per heavy atom. The second-order valence-electron chi connectivity index (χ2n) is 11.4. The molecule has 1 aliphatic rings. The first-order valence-electron chi connectivity index (χ1n) is 15.5. The molecule has 0 spiro atoms. The molecule has 0 bridgehead atoms. The van der Waals surface area contributed by atoms with Gasteiger partial charge in [0.1, 0.15) is 0 Å². The number of pyridine rings is 1. The van der Waals surface area contributed by atoms with Gasteiger partial charge in [0, 0.05) is 65.8 Å². The zero-order chi connectivity index (χ0) is 31.2. The number of carbonyl (C=O) groups excluding carboxylic acids is 1. The summed E-state index contributed by atoms with van der Waals surface area (Å²) in [5.74, 6) is 0.103. The first-order valence-corrected chi connectivity index (χ1v) is 15.9. The average molecular weight is 617 g/mol. The number of piperidine rings is 1. The van der Waals surface area contributed by atoms with Gasteiger partial charge in [-0.2, -0.15) is 0 Å². The molecule has 0 unspecified atom stereocenters. The summed E-state index contributed by atoms with van der Waals surface area (Å²) in [6, 6.07) is 24.6. The summed E-state index contributed by atoms with van der Waals surface area (Å²) in [7, 11) is 0. The van der Waals surface area contributed by atoms with Crippen LogP contribution in [0.25, 0.3) is 23.1 Å². The summed E-state index contributed by atoms with van der Waals surface area (Å²) in [5, 5.41) is 14.0. The molecule has 1 fully saturated rings. The summed E-state index contributed by atoms with van der Waals surface area (Å²) >= 11 is 6.14. The van der Waals surface area contributed by atoms with Gasteiger partial charge in [0.15, 0.2) is 5.78 Å². The number of carbonyl (C=O) groups is 1. The van der Waals surface area contributed by atoms with E-state index in [1.54, 1.807) is 6.20 Å². The Labute approximate surface area is 269 Å². The standard InChI is InChI=1S/C37H37ClN6O/c1-3-26-5-9-28(10-6-26)19-30-22-43(23-31(37(30)45)20-29-11-7-27(4-2)8-12-29)24-33-25-44(42-41-33)18-17-40-35-15-16-39-36-21-32(38)13-14-34(35)36/h5-16,19-21,25H,3-4,17-18,22-24H2,1-2H3,(H,39,40)/b30-19+,31-20+. The number of nitrogens with one attached hydrogen (secondary N) is 1. The van der Waals surface area contributed by atoms with E-state index in [-0.39, 0.29) is 5.78 Å². The van der Waals surface area contributed by atoms with Crippen LogP contribution in [0, 0.1) is 0 Å². The molecule has 1 saturated heterocycles. The van der Waals surface area contributed by atoms with Crippen molar-refractivity contribution in [2.45, 2.75) is 39.8 Å². The number of fused-ring (bicyclic) bond motifs is 1. The van der Waals surface area contributed by atoms with Crippen molar-refractivity contribution in [1.82, 2.24) is 24.9 Å². The molecule has 1 N–H and O–H groups in total. The number of aromatic nitrogens is 4. The van der Waals surface area contributed by atoms with Gasteiger partial charge in [-0.25, -0.2) is 0 Å². The van der Waals surface area contributed by atoms with Crippen molar-refractivity contribution in [3.63, 3.8) is 0 Å². The maximum Gasteiger partial charge on any atom is 0.187 e. The molecule has 0 saturated carbocycles. The number of nitrogens with zero attached hydrogens (tertiary/aromatic N) is 5. The molecule has 7 nitrogen and oxygen atoms in total. The van der Waals surface area contributed by atoms with Gasteiger partial charge < -0.3 is 5.32 Å². The lowest BCUT2D eigenvalue weighted by molar-refractivity contribution is -0.113. The molecule has 5 aromatic rings. The molecule has 8 heteroatoms. The topological polar surface area (TPSA) is 75.9 Å². The lowest BCUT2D eigenvalue weighted by atomic mass is 9.93. The first-order chi connectivity index (χ1) is 22.0. The second-order valence-corrected chi connectivity index (χ2v) is 11.9. The Hall–Kier alpha value is -4.59. The average Bonchev–Trinajstić information content (AvgIpc) is 3.50. The van der Waals surface area contributed by atoms with Gasteiger partial charge in [-0.15, -0.1) is 5.10 Å². The maximum atomic E-state index is 13.7. The fourth-order valence-corrected chi connectivity index (χ4v) is 5.82. The van der Waals surface area contributed by atoms with E-state index in [4.69, 9.17) is 11.6 Å². The number of Topliss-reactive ketones (excluding diaryl/α,β-unsaturated/α-hetero) is 1. The number of likely N-dealkylation sites (tertiary alicyclic amines) is 1. The third-order valence-corrected chi connectivity index (χ3v) is 8.40. The number of ketones is 1. The molecule has 3 aromatic carbocycles. The fraction of sp³-hybridized carbons (Fsp3) is 0.243. The van der Waals surface area contributed by atoms with Crippen molar-refractivity contribution in [2.24, 2.45) is 0 Å². The molecule has 0 aliphatic carbocycles. The molecule has 45 heavy (non-hydrogen) atoms. The van der Waals surface area contributed by atoms with Crippen LogP contribution in [0.15, 0.2) is 96.3 Å². The van der Waals surface area contributed by atoms with Crippen LogP contribution in [-0.4, -0.2) is 50.3 Å². The van der Waals surface area contributed by atoms with Gasteiger partial charge in [-0.05, 0) is 71.5 Å². The van der Waals surface area contributed by atoms with E-state index in [0.29, 0.717) is 37.7 Å². The quantitative estimate of drug-likeness (QED) is 0.166. The summed E-state index contributed by atoms with van der Waals surface area (Å²) in [6.07, 6.45) is 9.80. The Morgan fingerprint density at radius 2 is 1.51 bits per heavy atom. The molecule has 6 rings (SSSR count). The van der Waals surface area contributed by atoms with Crippen LogP contribution in [0.5, 0.6) is 0 Å². The predicted octanol–water partition coefficient (Wildman–Crippen LogP) is 7.27. The number of rotatable bonds is 10. The zero-order valence-corrected chi connectivity index (χ0v) is 26.5. The lowest BCUT2D eigenvalue weighted by Crippen LogP contribution is -2.37. The van der Waals surface area contributed by atoms with Gasteiger partial charge in [0.05, 0.1) is 17.8 Å². The van der Waals surface area contributed by atoms with Crippen LogP contribution in [-0.2, 0) is 30.7 Å². The van der Waals surface area contributed by atoms with Gasteiger partial charge in [-0.3, -0.25) is 19.4 Å². The number of aryl methyl sites for hydroxylation is 2. The van der Waals surface area contributed by atoms with Gasteiger partial charge in [0.2, 0.25) is 0 Å². The predicted molar refractivity (Wildman–Crippen MR) is 183 cm³/mol. The van der Waals surface area contributed by atoms with Crippen LogP contribution >= 0.6 is 11.6 Å². The monoisotopic (exact) mass is 616 g/mol. The Morgan fingerprint density at radius 3 is 2.13 bits per heavy atom. The van der Waals surface area contributed by atoms with E-state index in [2.05, 4.69) is 87.9 Å². The molecule has 0 amide bonds. The highest BCUT2D eigenvalue weighted by Crippen LogP contribution is 2.25. The Bertz CT molecular complexity index is 1790. The minimum absolute atomic E-state index is 0.103. The van der Waals surface area contributed by atoms with Crippen LogP contribution < -0.4 is 5.32 Å². The molecule has 0 radical (unpaired) electrons. The minimum atomic E-state index is 0.103. The van der Waals surface area contributed by atoms with Crippen LogP contribution in [0.4, 0.5) is 5.69 Å². The van der Waals surface area contributed by atoms with Gasteiger partial charge in [0.25, 0.3) is 0 Å². The van der Waals surface area contributed by atoms with E-state index >= 15 is 0 Å². The van der Waals surface area contributed by atoms with Crippen molar-refractivity contribution in [3.05, 3.63) is 129 Å². The lowest BCUT2D eigenvalue weighted by Gasteiger charge is -2.29. The summed E-state index contributed by atoms with van der Waals surface area (Å²) in [6.45, 7) is 7.31. The van der Waals surface area contributed by atoms with E-state index in [1.165, 1.54) is 11.1 Å². The number of hydrogen-bond acceptors (Lipinski definition) is 6. The molecule has 228 valence electrons. The third-order valence-electron chi connectivity index (χ3n) is 8.16. The summed E-state index contributed by atoms with van der Waals surface area (Å²) in [5.41, 5.74) is 8.92. The Balaban J connectivity index is 1.16. The number of anilines is 1. The third kappa shape index (κ3) is 7.56. The van der Waals surface area contributed by atoms with Gasteiger partial charge in [-0.1, -0.05) is 79.2 Å². The summed E-state index contributed by atoms with van der Waals surface area (Å²) < 4.78 is 1.86. The van der Waals surface area contributed by atoms with Crippen molar-refractivity contribution in [1.29, 1.82) is 0 Å². The van der Waals surface area contributed by atoms with Crippen LogP contribution in [0.2, 0.25) is 5.02 Å². The summed E-state index contributed by atoms with van der Waals surface area (Å²) in [4.78, 5) is 20.4.